The summed E-state index contributed by atoms with van der Waals surface area (Å²) in [5.74, 6) is 1.71. The van der Waals surface area contributed by atoms with Gasteiger partial charge in [-0.05, 0) is 58.4 Å². The Balaban J connectivity index is 1.96. The molecule has 2 fully saturated rings. The van der Waals surface area contributed by atoms with Crippen molar-refractivity contribution >= 4 is 0 Å². The van der Waals surface area contributed by atoms with Gasteiger partial charge in [0.1, 0.15) is 6.23 Å². The lowest BCUT2D eigenvalue weighted by molar-refractivity contribution is -0.111. The van der Waals surface area contributed by atoms with Gasteiger partial charge in [-0.25, -0.2) is 0 Å². The minimum Gasteiger partial charge on any atom is -0.366 e. The minimum absolute atomic E-state index is 0.312. The summed E-state index contributed by atoms with van der Waals surface area (Å²) in [5, 5.41) is 0. The minimum atomic E-state index is 0.312. The Bertz CT molecular complexity index is 300. The lowest BCUT2D eigenvalue weighted by Gasteiger charge is -2.51. The fourth-order valence-electron chi connectivity index (χ4n) is 3.87. The van der Waals surface area contributed by atoms with Gasteiger partial charge in [0, 0.05) is 32.3 Å². The van der Waals surface area contributed by atoms with Crippen molar-refractivity contribution in [2.45, 2.75) is 65.1 Å². The molecule has 0 aromatic carbocycles. The van der Waals surface area contributed by atoms with E-state index in [1.165, 1.54) is 51.9 Å². The van der Waals surface area contributed by atoms with Gasteiger partial charge >= 0.3 is 0 Å². The number of hydrogen-bond acceptors (Lipinski definition) is 3. The molecule has 2 aliphatic heterocycles. The Morgan fingerprint density at radius 2 is 1.90 bits per heavy atom. The molecule has 0 aromatic heterocycles. The summed E-state index contributed by atoms with van der Waals surface area (Å²) >= 11 is 0. The molecule has 0 bridgehead atoms. The zero-order valence-corrected chi connectivity index (χ0v) is 14.2. The second kappa shape index (κ2) is 6.76. The molecule has 2 rings (SSSR count). The predicted octanol–water partition coefficient (Wildman–Crippen LogP) is 3.20. The third-order valence-electron chi connectivity index (χ3n) is 5.29. The molecule has 2 aliphatic rings. The number of methoxy groups -OCH3 is 1. The van der Waals surface area contributed by atoms with E-state index in [4.69, 9.17) is 4.74 Å². The van der Waals surface area contributed by atoms with E-state index >= 15 is 0 Å². The average molecular weight is 282 g/mol. The maximum atomic E-state index is 5.78. The molecule has 0 aliphatic carbocycles. The Hall–Kier alpha value is -0.120. The maximum absolute atomic E-state index is 5.78. The molecule has 2 heterocycles. The van der Waals surface area contributed by atoms with Gasteiger partial charge in [0.05, 0.1) is 0 Å². The van der Waals surface area contributed by atoms with Crippen LogP contribution in [0.15, 0.2) is 0 Å². The van der Waals surface area contributed by atoms with Gasteiger partial charge in [0.15, 0.2) is 0 Å². The van der Waals surface area contributed by atoms with Crippen LogP contribution in [0.1, 0.15) is 53.4 Å². The number of ether oxygens (including phenoxy) is 1. The van der Waals surface area contributed by atoms with Crippen LogP contribution in [-0.2, 0) is 4.74 Å². The highest BCUT2D eigenvalue weighted by Crippen LogP contribution is 2.36. The van der Waals surface area contributed by atoms with Crippen molar-refractivity contribution in [2.75, 3.05) is 33.3 Å². The molecule has 0 amide bonds. The second-order valence-electron chi connectivity index (χ2n) is 7.70. The molecule has 2 saturated heterocycles. The molecule has 0 saturated carbocycles. The van der Waals surface area contributed by atoms with Gasteiger partial charge in [0.2, 0.25) is 0 Å². The number of piperidine rings is 2. The van der Waals surface area contributed by atoms with Crippen molar-refractivity contribution in [3.05, 3.63) is 0 Å². The SMILES string of the molecule is CCCCN1CC2CCN(C(C)(C)C)CC2CC1OC. The van der Waals surface area contributed by atoms with Crippen molar-refractivity contribution < 1.29 is 4.74 Å². The first-order valence-corrected chi connectivity index (χ1v) is 8.47. The third-order valence-corrected chi connectivity index (χ3v) is 5.29. The highest BCUT2D eigenvalue weighted by Gasteiger charge is 2.40. The molecule has 0 spiro atoms. The molecule has 0 radical (unpaired) electrons. The molecule has 3 unspecified atom stereocenters. The van der Waals surface area contributed by atoms with Crippen LogP contribution in [0.3, 0.4) is 0 Å². The lowest BCUT2D eigenvalue weighted by Crippen LogP contribution is -2.57. The van der Waals surface area contributed by atoms with Crippen molar-refractivity contribution in [2.24, 2.45) is 11.8 Å². The Labute approximate surface area is 125 Å². The molecule has 20 heavy (non-hydrogen) atoms. The molecule has 3 atom stereocenters. The molecular formula is C17H34N2O. The zero-order chi connectivity index (χ0) is 14.8. The second-order valence-corrected chi connectivity index (χ2v) is 7.70. The normalized spacial score (nSPS) is 33.1. The number of nitrogens with zero attached hydrogens (tertiary/aromatic N) is 2. The van der Waals surface area contributed by atoms with Crippen LogP contribution in [0.5, 0.6) is 0 Å². The summed E-state index contributed by atoms with van der Waals surface area (Å²) in [6, 6.07) is 0. The molecule has 118 valence electrons. The summed E-state index contributed by atoms with van der Waals surface area (Å²) in [6.07, 6.45) is 5.51. The van der Waals surface area contributed by atoms with E-state index in [0.29, 0.717) is 11.8 Å². The number of unbranched alkanes of at least 4 members (excludes halogenated alkanes) is 1. The summed E-state index contributed by atoms with van der Waals surface area (Å²) < 4.78 is 5.78. The first-order chi connectivity index (χ1) is 9.45. The van der Waals surface area contributed by atoms with E-state index in [-0.39, 0.29) is 0 Å². The molecule has 3 heteroatoms. The molecule has 3 nitrogen and oxygen atoms in total. The van der Waals surface area contributed by atoms with Gasteiger partial charge in [-0.1, -0.05) is 13.3 Å². The molecular weight excluding hydrogens is 248 g/mol. The van der Waals surface area contributed by atoms with Gasteiger partial charge < -0.3 is 4.74 Å². The average Bonchev–Trinajstić information content (AvgIpc) is 2.42. The van der Waals surface area contributed by atoms with Crippen molar-refractivity contribution in [3.8, 4) is 0 Å². The van der Waals surface area contributed by atoms with Gasteiger partial charge in [0.25, 0.3) is 0 Å². The summed E-state index contributed by atoms with van der Waals surface area (Å²) in [7, 11) is 1.88. The first-order valence-electron chi connectivity index (χ1n) is 8.47. The monoisotopic (exact) mass is 282 g/mol. The predicted molar refractivity (Wildman–Crippen MR) is 84.8 cm³/mol. The maximum Gasteiger partial charge on any atom is 0.110 e. The Morgan fingerprint density at radius 1 is 1.15 bits per heavy atom. The largest absolute Gasteiger partial charge is 0.366 e. The van der Waals surface area contributed by atoms with Crippen LogP contribution in [0.4, 0.5) is 0 Å². The van der Waals surface area contributed by atoms with Gasteiger partial charge in [-0.2, -0.15) is 0 Å². The summed E-state index contributed by atoms with van der Waals surface area (Å²) in [4.78, 5) is 5.26. The fourth-order valence-corrected chi connectivity index (χ4v) is 3.87. The first kappa shape index (κ1) is 16.3. The van der Waals surface area contributed by atoms with Gasteiger partial charge in [-0.15, -0.1) is 0 Å². The van der Waals surface area contributed by atoms with Crippen LogP contribution in [0.25, 0.3) is 0 Å². The number of fused-ring (bicyclic) bond motifs is 1. The van der Waals surface area contributed by atoms with Crippen molar-refractivity contribution in [3.63, 3.8) is 0 Å². The molecule has 0 N–H and O–H groups in total. The number of likely N-dealkylation sites (tertiary alicyclic amines) is 2. The van der Waals surface area contributed by atoms with Crippen LogP contribution < -0.4 is 0 Å². The lowest BCUT2D eigenvalue weighted by atomic mass is 9.78. The topological polar surface area (TPSA) is 15.7 Å². The number of rotatable bonds is 4. The highest BCUT2D eigenvalue weighted by atomic mass is 16.5. The third kappa shape index (κ3) is 3.75. The summed E-state index contributed by atoms with van der Waals surface area (Å²) in [5.41, 5.74) is 0.312. The van der Waals surface area contributed by atoms with E-state index in [1.54, 1.807) is 0 Å². The van der Waals surface area contributed by atoms with Crippen LogP contribution >= 0.6 is 0 Å². The van der Waals surface area contributed by atoms with E-state index < -0.39 is 0 Å². The Morgan fingerprint density at radius 3 is 2.50 bits per heavy atom. The number of hydrogen-bond donors (Lipinski definition) is 0. The molecule has 0 aromatic rings. The van der Waals surface area contributed by atoms with Crippen LogP contribution in [0, 0.1) is 11.8 Å². The van der Waals surface area contributed by atoms with Crippen molar-refractivity contribution in [1.82, 2.24) is 9.80 Å². The smallest absolute Gasteiger partial charge is 0.110 e. The standard InChI is InChI=1S/C17H34N2O/c1-6-7-9-18-12-14-8-10-19(17(2,3)4)13-15(14)11-16(18)20-5/h14-16H,6-13H2,1-5H3. The quantitative estimate of drug-likeness (QED) is 0.787. The Kier molecular flexibility index (Phi) is 5.49. The van der Waals surface area contributed by atoms with E-state index in [0.717, 1.165) is 11.8 Å². The fraction of sp³-hybridized carbons (Fsp3) is 1.00. The van der Waals surface area contributed by atoms with E-state index in [1.807, 2.05) is 7.11 Å². The van der Waals surface area contributed by atoms with Crippen LogP contribution in [-0.4, -0.2) is 54.9 Å². The zero-order valence-electron chi connectivity index (χ0n) is 14.2. The van der Waals surface area contributed by atoms with Gasteiger partial charge in [-0.3, -0.25) is 9.80 Å². The van der Waals surface area contributed by atoms with Crippen LogP contribution in [0.2, 0.25) is 0 Å². The van der Waals surface area contributed by atoms with E-state index in [2.05, 4.69) is 37.5 Å². The van der Waals surface area contributed by atoms with E-state index in [9.17, 15) is 0 Å². The summed E-state index contributed by atoms with van der Waals surface area (Å²) in [6.45, 7) is 14.3. The van der Waals surface area contributed by atoms with Crippen molar-refractivity contribution in [1.29, 1.82) is 0 Å². The highest BCUT2D eigenvalue weighted by molar-refractivity contribution is 4.92.